The van der Waals surface area contributed by atoms with E-state index in [1.807, 2.05) is 49.1 Å². The van der Waals surface area contributed by atoms with Crippen LogP contribution in [0.25, 0.3) is 0 Å². The zero-order valence-electron chi connectivity index (χ0n) is 19.0. The molecule has 1 saturated heterocycles. The normalized spacial score (nSPS) is 15.6. The van der Waals surface area contributed by atoms with Gasteiger partial charge in [-0.15, -0.1) is 0 Å². The van der Waals surface area contributed by atoms with Crippen LogP contribution in [-0.4, -0.2) is 61.9 Å². The summed E-state index contributed by atoms with van der Waals surface area (Å²) in [6, 6.07) is 12.0. The van der Waals surface area contributed by atoms with Gasteiger partial charge in [-0.1, -0.05) is 12.1 Å². The van der Waals surface area contributed by atoms with Crippen LogP contribution in [0.4, 0.5) is 0 Å². The lowest BCUT2D eigenvalue weighted by Gasteiger charge is -2.35. The van der Waals surface area contributed by atoms with Gasteiger partial charge in [0.1, 0.15) is 0 Å². The quantitative estimate of drug-likeness (QED) is 0.595. The van der Waals surface area contributed by atoms with E-state index in [9.17, 15) is 4.79 Å². The van der Waals surface area contributed by atoms with Gasteiger partial charge < -0.3 is 23.8 Å². The number of carbonyl (C=O) groups is 1. The van der Waals surface area contributed by atoms with Crippen LogP contribution >= 0.6 is 0 Å². The van der Waals surface area contributed by atoms with Gasteiger partial charge in [0.15, 0.2) is 23.0 Å². The molecule has 1 fully saturated rings. The summed E-state index contributed by atoms with van der Waals surface area (Å²) in [6.45, 7) is 9.50. The molecule has 2 heterocycles. The van der Waals surface area contributed by atoms with Crippen LogP contribution in [0.3, 0.4) is 0 Å². The number of nitrogens with zero attached hydrogens (tertiary/aromatic N) is 2. The van der Waals surface area contributed by atoms with Crippen molar-refractivity contribution in [1.29, 1.82) is 0 Å². The number of ether oxygens (including phenoxy) is 4. The minimum absolute atomic E-state index is 0.208. The fourth-order valence-electron chi connectivity index (χ4n) is 4.11. The zero-order valence-corrected chi connectivity index (χ0v) is 19.0. The second-order valence-corrected chi connectivity index (χ2v) is 7.99. The Hall–Kier alpha value is -2.93. The first-order valence-electron chi connectivity index (χ1n) is 11.4. The van der Waals surface area contributed by atoms with E-state index in [1.165, 1.54) is 5.56 Å². The van der Waals surface area contributed by atoms with Crippen molar-refractivity contribution in [2.75, 3.05) is 46.2 Å². The van der Waals surface area contributed by atoms with Gasteiger partial charge in [-0.3, -0.25) is 9.69 Å². The number of hydrogen-bond acceptors (Lipinski definition) is 6. The molecule has 7 nitrogen and oxygen atoms in total. The van der Waals surface area contributed by atoms with Crippen LogP contribution in [0, 0.1) is 0 Å². The van der Waals surface area contributed by atoms with Crippen molar-refractivity contribution in [3.63, 3.8) is 0 Å². The Labute approximate surface area is 189 Å². The number of hydrogen-bond donors (Lipinski definition) is 0. The van der Waals surface area contributed by atoms with Gasteiger partial charge in [-0.05, 0) is 55.7 Å². The molecule has 0 unspecified atom stereocenters. The molecule has 4 rings (SSSR count). The zero-order chi connectivity index (χ0) is 22.3. The predicted molar refractivity (Wildman–Crippen MR) is 122 cm³/mol. The number of aryl methyl sites for hydroxylation is 1. The third-order valence-corrected chi connectivity index (χ3v) is 5.80. The topological polar surface area (TPSA) is 60.5 Å². The number of amides is 1. The Morgan fingerprint density at radius 1 is 0.875 bits per heavy atom. The fraction of sp³-hybridized carbons (Fsp3) is 0.480. The molecular formula is C25H32N2O5. The summed E-state index contributed by atoms with van der Waals surface area (Å²) in [7, 11) is 0. The van der Waals surface area contributed by atoms with Gasteiger partial charge in [-0.2, -0.15) is 0 Å². The highest BCUT2D eigenvalue weighted by molar-refractivity contribution is 5.76. The van der Waals surface area contributed by atoms with Crippen molar-refractivity contribution in [3.8, 4) is 23.0 Å². The van der Waals surface area contributed by atoms with E-state index in [0.717, 1.165) is 61.3 Å². The maximum absolute atomic E-state index is 12.8. The molecule has 172 valence electrons. The molecule has 1 amide bonds. The Morgan fingerprint density at radius 2 is 1.59 bits per heavy atom. The fourth-order valence-corrected chi connectivity index (χ4v) is 4.11. The SMILES string of the molecule is CCOc1ccc(CCC(=O)N2CCN(Cc3ccc4c(c3)OCO4)CC2)cc1OCC. The van der Waals surface area contributed by atoms with E-state index < -0.39 is 0 Å². The number of fused-ring (bicyclic) bond motifs is 1. The van der Waals surface area contributed by atoms with Crippen molar-refractivity contribution in [2.24, 2.45) is 0 Å². The first-order valence-corrected chi connectivity index (χ1v) is 11.4. The first-order chi connectivity index (χ1) is 15.7. The molecule has 0 bridgehead atoms. The van der Waals surface area contributed by atoms with Gasteiger partial charge in [0.05, 0.1) is 13.2 Å². The maximum atomic E-state index is 12.8. The highest BCUT2D eigenvalue weighted by atomic mass is 16.7. The predicted octanol–water partition coefficient (Wildman–Crippen LogP) is 3.49. The van der Waals surface area contributed by atoms with Gasteiger partial charge >= 0.3 is 0 Å². The van der Waals surface area contributed by atoms with E-state index in [0.29, 0.717) is 32.8 Å². The number of rotatable bonds is 9. The van der Waals surface area contributed by atoms with Gasteiger partial charge in [0, 0.05) is 39.1 Å². The summed E-state index contributed by atoms with van der Waals surface area (Å²) in [5.74, 6) is 3.34. The van der Waals surface area contributed by atoms with Crippen LogP contribution < -0.4 is 18.9 Å². The minimum atomic E-state index is 0.208. The van der Waals surface area contributed by atoms with Crippen LogP contribution in [0.2, 0.25) is 0 Å². The third-order valence-electron chi connectivity index (χ3n) is 5.80. The molecule has 2 aliphatic rings. The lowest BCUT2D eigenvalue weighted by atomic mass is 10.1. The highest BCUT2D eigenvalue weighted by Gasteiger charge is 2.22. The Balaban J connectivity index is 1.24. The molecule has 0 saturated carbocycles. The van der Waals surface area contributed by atoms with Crippen molar-refractivity contribution < 1.29 is 23.7 Å². The van der Waals surface area contributed by atoms with Crippen LogP contribution in [0.5, 0.6) is 23.0 Å². The van der Waals surface area contributed by atoms with Crippen molar-refractivity contribution in [3.05, 3.63) is 47.5 Å². The third kappa shape index (κ3) is 5.46. The van der Waals surface area contributed by atoms with E-state index in [-0.39, 0.29) is 5.91 Å². The molecule has 7 heteroatoms. The van der Waals surface area contributed by atoms with E-state index in [2.05, 4.69) is 11.0 Å². The van der Waals surface area contributed by atoms with Crippen LogP contribution in [0.1, 0.15) is 31.4 Å². The molecule has 0 N–H and O–H groups in total. The van der Waals surface area contributed by atoms with Gasteiger partial charge in [0.2, 0.25) is 12.7 Å². The summed E-state index contributed by atoms with van der Waals surface area (Å²) in [6.07, 6.45) is 1.20. The van der Waals surface area contributed by atoms with Crippen LogP contribution in [0.15, 0.2) is 36.4 Å². The number of carbonyl (C=O) groups excluding carboxylic acids is 1. The van der Waals surface area contributed by atoms with E-state index in [1.54, 1.807) is 0 Å². The van der Waals surface area contributed by atoms with Crippen LogP contribution in [-0.2, 0) is 17.8 Å². The van der Waals surface area contributed by atoms with Gasteiger partial charge in [0.25, 0.3) is 0 Å². The number of benzene rings is 2. The second kappa shape index (κ2) is 10.6. The standard InChI is InChI=1S/C25H32N2O5/c1-3-29-21-8-5-19(15-23(21)30-4-2)7-10-25(28)27-13-11-26(12-14-27)17-20-6-9-22-24(16-20)32-18-31-22/h5-6,8-9,15-16H,3-4,7,10-14,17-18H2,1-2H3. The maximum Gasteiger partial charge on any atom is 0.231 e. The molecule has 32 heavy (non-hydrogen) atoms. The molecule has 0 atom stereocenters. The highest BCUT2D eigenvalue weighted by Crippen LogP contribution is 2.33. The molecule has 2 aliphatic heterocycles. The molecule has 2 aromatic carbocycles. The lowest BCUT2D eigenvalue weighted by Crippen LogP contribution is -2.48. The van der Waals surface area contributed by atoms with Crippen molar-refractivity contribution in [2.45, 2.75) is 33.2 Å². The summed E-state index contributed by atoms with van der Waals surface area (Å²) in [5.41, 5.74) is 2.29. The lowest BCUT2D eigenvalue weighted by molar-refractivity contribution is -0.133. The largest absolute Gasteiger partial charge is 0.490 e. The molecule has 0 aliphatic carbocycles. The smallest absolute Gasteiger partial charge is 0.231 e. The minimum Gasteiger partial charge on any atom is -0.490 e. The van der Waals surface area contributed by atoms with Crippen molar-refractivity contribution >= 4 is 5.91 Å². The summed E-state index contributed by atoms with van der Waals surface area (Å²) in [5, 5.41) is 0. The summed E-state index contributed by atoms with van der Waals surface area (Å²) < 4.78 is 22.2. The average Bonchev–Trinajstić information content (AvgIpc) is 3.28. The summed E-state index contributed by atoms with van der Waals surface area (Å²) >= 11 is 0. The Kier molecular flexibility index (Phi) is 7.37. The van der Waals surface area contributed by atoms with Gasteiger partial charge in [-0.25, -0.2) is 0 Å². The average molecular weight is 441 g/mol. The van der Waals surface area contributed by atoms with Crippen molar-refractivity contribution in [1.82, 2.24) is 9.80 Å². The molecule has 0 radical (unpaired) electrons. The number of piperazine rings is 1. The second-order valence-electron chi connectivity index (χ2n) is 7.99. The first kappa shape index (κ1) is 22.3. The van der Waals surface area contributed by atoms with E-state index in [4.69, 9.17) is 18.9 Å². The monoisotopic (exact) mass is 440 g/mol. The Bertz CT molecular complexity index is 925. The molecule has 0 spiro atoms. The Morgan fingerprint density at radius 3 is 2.38 bits per heavy atom. The molecule has 2 aromatic rings. The molecule has 0 aromatic heterocycles. The van der Waals surface area contributed by atoms with E-state index >= 15 is 0 Å². The summed E-state index contributed by atoms with van der Waals surface area (Å²) in [4.78, 5) is 17.1. The molecular weight excluding hydrogens is 408 g/mol.